The largest absolute Gasteiger partial charge is 0.485 e. The molecule has 2 atom stereocenters. The minimum Gasteiger partial charge on any atom is -0.485 e. The van der Waals surface area contributed by atoms with Crippen LogP contribution in [-0.4, -0.2) is 47.6 Å². The van der Waals surface area contributed by atoms with Gasteiger partial charge < -0.3 is 20.3 Å². The lowest BCUT2D eigenvalue weighted by molar-refractivity contribution is -0.136. The summed E-state index contributed by atoms with van der Waals surface area (Å²) in [5, 5.41) is 2.09. The monoisotopic (exact) mass is 630 g/mol. The fraction of sp³-hybridized carbons (Fsp3) is 0.407. The van der Waals surface area contributed by atoms with Crippen LogP contribution < -0.4 is 15.4 Å². The zero-order chi connectivity index (χ0) is 27.7. The number of halogens is 5. The third kappa shape index (κ3) is 6.75. The number of rotatable bonds is 10. The molecule has 2 aliphatic rings. The average Bonchev–Trinajstić information content (AvgIpc) is 3.44. The highest BCUT2D eigenvalue weighted by atomic mass is 35.5. The lowest BCUT2D eigenvalue weighted by Gasteiger charge is -2.27. The summed E-state index contributed by atoms with van der Waals surface area (Å²) in [5.41, 5.74) is 6.93. The van der Waals surface area contributed by atoms with E-state index in [1.807, 2.05) is 23.2 Å². The number of ether oxygens (including phenoxy) is 1. The normalized spacial score (nSPS) is 17.9. The molecule has 0 spiro atoms. The molecular weight excluding hydrogens is 605 g/mol. The van der Waals surface area contributed by atoms with Gasteiger partial charge in [0, 0.05) is 43.2 Å². The molecule has 1 aliphatic heterocycles. The minimum atomic E-state index is -0.511. The van der Waals surface area contributed by atoms with E-state index < -0.39 is 5.82 Å². The summed E-state index contributed by atoms with van der Waals surface area (Å²) in [5.74, 6) is -0.568. The Bertz CT molecular complexity index is 1330. The van der Waals surface area contributed by atoms with Crippen LogP contribution >= 0.6 is 57.7 Å². The Hall–Kier alpha value is -1.81. The van der Waals surface area contributed by atoms with Crippen molar-refractivity contribution in [1.82, 2.24) is 9.88 Å². The number of benzene rings is 2. The molecule has 12 heteroatoms. The summed E-state index contributed by atoms with van der Waals surface area (Å²) < 4.78 is 19.5. The predicted octanol–water partition coefficient (Wildman–Crippen LogP) is 6.86. The number of thiazole rings is 1. The molecule has 2 fully saturated rings. The molecule has 5 rings (SSSR count). The van der Waals surface area contributed by atoms with E-state index in [0.717, 1.165) is 41.4 Å². The van der Waals surface area contributed by atoms with Gasteiger partial charge in [-0.25, -0.2) is 9.37 Å². The SMILES string of the molecule is NCC(Cc1cnc(N2CC[C@@H](Oc3c(Cl)cc(F)cc3Cl)C2)s1)C(=O)N(Cc1cccc(Cl)c1Cl)C1CC1. The first-order valence-corrected chi connectivity index (χ1v) is 15.0. The van der Waals surface area contributed by atoms with Gasteiger partial charge in [0.15, 0.2) is 10.9 Å². The number of hydrogen-bond acceptors (Lipinski definition) is 6. The molecule has 3 aromatic rings. The molecule has 1 amide bonds. The number of nitrogens with two attached hydrogens (primary N) is 1. The number of carbonyl (C=O) groups excluding carboxylic acids is 1. The van der Waals surface area contributed by atoms with Crippen molar-refractivity contribution in [3.05, 3.63) is 72.9 Å². The molecular formula is C27H27Cl4FN4O2S. The van der Waals surface area contributed by atoms with Gasteiger partial charge in [-0.15, -0.1) is 11.3 Å². The zero-order valence-electron chi connectivity index (χ0n) is 20.9. The summed E-state index contributed by atoms with van der Waals surface area (Å²) in [7, 11) is 0. The first kappa shape index (κ1) is 28.7. The molecule has 39 heavy (non-hydrogen) atoms. The molecule has 208 valence electrons. The van der Waals surface area contributed by atoms with Crippen molar-refractivity contribution in [2.24, 2.45) is 11.7 Å². The van der Waals surface area contributed by atoms with Crippen LogP contribution in [0, 0.1) is 11.7 Å². The predicted molar refractivity (Wildman–Crippen MR) is 156 cm³/mol. The molecule has 0 radical (unpaired) electrons. The number of carbonyl (C=O) groups is 1. The second kappa shape index (κ2) is 12.4. The Balaban J connectivity index is 1.22. The lowest BCUT2D eigenvalue weighted by Crippen LogP contribution is -2.41. The third-order valence-electron chi connectivity index (χ3n) is 6.93. The van der Waals surface area contributed by atoms with Gasteiger partial charge >= 0.3 is 0 Å². The molecule has 2 aromatic carbocycles. The maximum absolute atomic E-state index is 13.6. The van der Waals surface area contributed by atoms with Crippen molar-refractivity contribution >= 4 is 68.8 Å². The maximum Gasteiger partial charge on any atom is 0.227 e. The number of aromatic nitrogens is 1. The minimum absolute atomic E-state index is 0.0219. The van der Waals surface area contributed by atoms with Crippen LogP contribution in [0.3, 0.4) is 0 Å². The summed E-state index contributed by atoms with van der Waals surface area (Å²) in [4.78, 5) is 23.2. The highest BCUT2D eigenvalue weighted by Crippen LogP contribution is 2.37. The number of hydrogen-bond donors (Lipinski definition) is 1. The fourth-order valence-electron chi connectivity index (χ4n) is 4.72. The third-order valence-corrected chi connectivity index (χ3v) is 9.43. The van der Waals surface area contributed by atoms with Crippen molar-refractivity contribution in [3.8, 4) is 5.75 Å². The topological polar surface area (TPSA) is 71.7 Å². The zero-order valence-corrected chi connectivity index (χ0v) is 24.7. The number of anilines is 1. The van der Waals surface area contributed by atoms with Gasteiger partial charge in [0.2, 0.25) is 5.91 Å². The Morgan fingerprint density at radius 2 is 1.92 bits per heavy atom. The molecule has 1 saturated heterocycles. The Morgan fingerprint density at radius 1 is 1.18 bits per heavy atom. The molecule has 2 N–H and O–H groups in total. The molecule has 0 bridgehead atoms. The van der Waals surface area contributed by atoms with E-state index in [4.69, 9.17) is 56.9 Å². The van der Waals surface area contributed by atoms with Gasteiger partial charge in [0.05, 0.1) is 32.6 Å². The fourth-order valence-corrected chi connectivity index (χ4v) is 6.67. The van der Waals surface area contributed by atoms with E-state index in [-0.39, 0.29) is 46.3 Å². The second-order valence-corrected chi connectivity index (χ2v) is 12.5. The van der Waals surface area contributed by atoms with Crippen molar-refractivity contribution in [2.45, 2.75) is 44.4 Å². The number of nitrogens with zero attached hydrogens (tertiary/aromatic N) is 3. The molecule has 6 nitrogen and oxygen atoms in total. The van der Waals surface area contributed by atoms with E-state index in [1.54, 1.807) is 17.4 Å². The van der Waals surface area contributed by atoms with Gasteiger partial charge in [0.1, 0.15) is 11.9 Å². The average molecular weight is 632 g/mol. The second-order valence-electron chi connectivity index (χ2n) is 9.83. The maximum atomic E-state index is 13.6. The van der Waals surface area contributed by atoms with Gasteiger partial charge in [-0.05, 0) is 43.0 Å². The van der Waals surface area contributed by atoms with Crippen LogP contribution in [0.1, 0.15) is 29.7 Å². The molecule has 1 aromatic heterocycles. The number of amides is 1. The van der Waals surface area contributed by atoms with E-state index >= 15 is 0 Å². The van der Waals surface area contributed by atoms with Crippen LogP contribution in [0.15, 0.2) is 36.5 Å². The van der Waals surface area contributed by atoms with E-state index in [9.17, 15) is 9.18 Å². The van der Waals surface area contributed by atoms with Crippen molar-refractivity contribution in [3.63, 3.8) is 0 Å². The highest BCUT2D eigenvalue weighted by molar-refractivity contribution is 7.15. The Labute approximate surface area is 250 Å². The molecule has 2 heterocycles. The Kier molecular flexibility index (Phi) is 9.11. The molecule has 1 aliphatic carbocycles. The van der Waals surface area contributed by atoms with Gasteiger partial charge in [-0.1, -0.05) is 58.5 Å². The molecule has 1 saturated carbocycles. The first-order valence-electron chi connectivity index (χ1n) is 12.7. The lowest BCUT2D eigenvalue weighted by atomic mass is 10.0. The Morgan fingerprint density at radius 3 is 2.62 bits per heavy atom. The standard InChI is InChI=1S/C27H27Cl4FN4O2S/c28-21-3-1-2-15(24(21)31)13-36(18-4-5-18)26(37)16(11-33)8-20-12-34-27(39-20)35-7-6-19(14-35)38-25-22(29)9-17(32)10-23(25)30/h1-3,9-10,12,16,18-19H,4-8,11,13-14,33H2/t16?,19-/m1/s1. The molecule has 1 unspecified atom stereocenters. The van der Waals surface area contributed by atoms with Gasteiger partial charge in [0.25, 0.3) is 0 Å². The van der Waals surface area contributed by atoms with Crippen LogP contribution in [0.5, 0.6) is 5.75 Å². The van der Waals surface area contributed by atoms with E-state index in [2.05, 4.69) is 9.88 Å². The summed E-state index contributed by atoms with van der Waals surface area (Å²) >= 11 is 26.4. The van der Waals surface area contributed by atoms with E-state index in [1.165, 1.54) is 12.1 Å². The van der Waals surface area contributed by atoms with Gasteiger partial charge in [-0.3, -0.25) is 4.79 Å². The van der Waals surface area contributed by atoms with E-state index in [0.29, 0.717) is 29.6 Å². The van der Waals surface area contributed by atoms with Crippen LogP contribution in [0.25, 0.3) is 0 Å². The quantitative estimate of drug-likeness (QED) is 0.265. The first-order chi connectivity index (χ1) is 18.7. The van der Waals surface area contributed by atoms with Crippen molar-refractivity contribution in [2.75, 3.05) is 24.5 Å². The summed E-state index contributed by atoms with van der Waals surface area (Å²) in [6.07, 6.45) is 4.84. The van der Waals surface area contributed by atoms with Crippen LogP contribution in [0.2, 0.25) is 20.1 Å². The van der Waals surface area contributed by atoms with Crippen LogP contribution in [-0.2, 0) is 17.8 Å². The van der Waals surface area contributed by atoms with Crippen LogP contribution in [0.4, 0.5) is 9.52 Å². The summed E-state index contributed by atoms with van der Waals surface area (Å²) in [6.45, 7) is 1.97. The van der Waals surface area contributed by atoms with Crippen molar-refractivity contribution < 1.29 is 13.9 Å². The smallest absolute Gasteiger partial charge is 0.227 e. The highest BCUT2D eigenvalue weighted by Gasteiger charge is 2.36. The summed E-state index contributed by atoms with van der Waals surface area (Å²) in [6, 6.07) is 8.05. The van der Waals surface area contributed by atoms with Gasteiger partial charge in [-0.2, -0.15) is 0 Å². The van der Waals surface area contributed by atoms with Crippen molar-refractivity contribution in [1.29, 1.82) is 0 Å².